The highest BCUT2D eigenvalue weighted by Gasteiger charge is 2.50. The Morgan fingerprint density at radius 2 is 1.21 bits per heavy atom. The van der Waals surface area contributed by atoms with E-state index in [9.17, 15) is 25.5 Å². The smallest absolute Gasteiger partial charge is 0.187 e. The second kappa shape index (κ2) is 8.29. The molecule has 0 aromatic heterocycles. The van der Waals surface area contributed by atoms with Crippen molar-refractivity contribution in [2.75, 3.05) is 20.3 Å². The van der Waals surface area contributed by atoms with Gasteiger partial charge in [0.2, 0.25) is 0 Å². The van der Waals surface area contributed by atoms with Gasteiger partial charge in [-0.2, -0.15) is 0 Å². The van der Waals surface area contributed by atoms with Crippen LogP contribution in [0.1, 0.15) is 0 Å². The summed E-state index contributed by atoms with van der Waals surface area (Å²) < 4.78 is 20.8. The van der Waals surface area contributed by atoms with Crippen LogP contribution >= 0.6 is 0 Å². The van der Waals surface area contributed by atoms with Crippen LogP contribution in [-0.4, -0.2) is 117 Å². The average molecular weight is 356 g/mol. The molecule has 5 unspecified atom stereocenters. The predicted molar refractivity (Wildman–Crippen MR) is 73.4 cm³/mol. The van der Waals surface area contributed by atoms with E-state index in [2.05, 4.69) is 0 Å². The van der Waals surface area contributed by atoms with E-state index < -0.39 is 74.6 Å². The number of hydrogen-bond acceptors (Lipinski definition) is 11. The minimum atomic E-state index is -1.68. The largest absolute Gasteiger partial charge is 0.394 e. The van der Waals surface area contributed by atoms with Gasteiger partial charge in [0.25, 0.3) is 0 Å². The van der Waals surface area contributed by atoms with Crippen LogP contribution in [0.25, 0.3) is 0 Å². The summed E-state index contributed by atoms with van der Waals surface area (Å²) in [6.07, 6.45) is -14.3. The maximum absolute atomic E-state index is 10.2. The summed E-state index contributed by atoms with van der Waals surface area (Å²) in [7, 11) is 1.24. The number of methoxy groups -OCH3 is 1. The van der Waals surface area contributed by atoms with Crippen molar-refractivity contribution in [3.8, 4) is 0 Å². The number of hydrogen-bond donors (Lipinski definition) is 7. The van der Waals surface area contributed by atoms with Crippen molar-refractivity contribution in [2.45, 2.75) is 61.4 Å². The number of aliphatic hydroxyl groups is 7. The quantitative estimate of drug-likeness (QED) is 0.251. The van der Waals surface area contributed by atoms with Gasteiger partial charge in [-0.1, -0.05) is 0 Å². The zero-order chi connectivity index (χ0) is 18.0. The Labute approximate surface area is 137 Å². The molecule has 2 heterocycles. The van der Waals surface area contributed by atoms with E-state index >= 15 is 0 Å². The van der Waals surface area contributed by atoms with Crippen LogP contribution in [0.3, 0.4) is 0 Å². The van der Waals surface area contributed by atoms with Crippen molar-refractivity contribution in [3.63, 3.8) is 0 Å². The van der Waals surface area contributed by atoms with E-state index in [1.54, 1.807) is 0 Å². The fourth-order valence-electron chi connectivity index (χ4n) is 2.73. The summed E-state index contributed by atoms with van der Waals surface area (Å²) >= 11 is 0. The lowest BCUT2D eigenvalue weighted by Crippen LogP contribution is -2.64. The molecule has 2 fully saturated rings. The molecule has 10 atom stereocenters. The Balaban J connectivity index is 2.12. The minimum Gasteiger partial charge on any atom is -0.394 e. The molecule has 2 aliphatic heterocycles. The maximum atomic E-state index is 10.2. The Morgan fingerprint density at radius 1 is 0.708 bits per heavy atom. The Morgan fingerprint density at radius 3 is 1.71 bits per heavy atom. The highest BCUT2D eigenvalue weighted by molar-refractivity contribution is 4.93. The topological polar surface area (TPSA) is 179 Å². The third-order valence-corrected chi connectivity index (χ3v) is 4.20. The van der Waals surface area contributed by atoms with Gasteiger partial charge in [-0.15, -0.1) is 0 Å². The standard InChI is InChI=1S/C13H24O11/c1-21-13-11(9(19)7(17)5(3-15)23-13)24-12-10(20)8(18)6(16)4(2-14)22-12/h4-20H,2-3H2,1H3/t4?,5?,6-,7?,8-,9?,10?,11+,12+,13-/m1/s1. The van der Waals surface area contributed by atoms with Crippen LogP contribution in [0, 0.1) is 0 Å². The number of rotatable bonds is 5. The Bertz CT molecular complexity index is 392. The van der Waals surface area contributed by atoms with Gasteiger partial charge in [0, 0.05) is 7.11 Å². The molecule has 7 N–H and O–H groups in total. The third-order valence-electron chi connectivity index (χ3n) is 4.20. The average Bonchev–Trinajstić information content (AvgIpc) is 2.59. The summed E-state index contributed by atoms with van der Waals surface area (Å²) in [4.78, 5) is 0. The molecule has 0 aromatic carbocycles. The monoisotopic (exact) mass is 356 g/mol. The van der Waals surface area contributed by atoms with E-state index in [0.29, 0.717) is 0 Å². The zero-order valence-electron chi connectivity index (χ0n) is 13.0. The normalized spacial score (nSPS) is 50.0. The van der Waals surface area contributed by atoms with Crippen molar-refractivity contribution < 1.29 is 54.7 Å². The Kier molecular flexibility index (Phi) is 6.87. The summed E-state index contributed by atoms with van der Waals surface area (Å²) in [5.41, 5.74) is 0. The molecular formula is C13H24O11. The molecule has 0 spiro atoms. The number of ether oxygens (including phenoxy) is 4. The molecule has 24 heavy (non-hydrogen) atoms. The molecule has 0 bridgehead atoms. The van der Waals surface area contributed by atoms with Crippen molar-refractivity contribution in [1.29, 1.82) is 0 Å². The lowest BCUT2D eigenvalue weighted by molar-refractivity contribution is -0.364. The molecule has 2 rings (SSSR count). The molecule has 0 aromatic rings. The van der Waals surface area contributed by atoms with Gasteiger partial charge in [0.1, 0.15) is 48.8 Å². The molecule has 11 heteroatoms. The van der Waals surface area contributed by atoms with Gasteiger partial charge in [-0.25, -0.2) is 0 Å². The van der Waals surface area contributed by atoms with Crippen LogP contribution in [0.2, 0.25) is 0 Å². The molecule has 2 aliphatic rings. The highest BCUT2D eigenvalue weighted by atomic mass is 16.8. The van der Waals surface area contributed by atoms with Crippen LogP contribution in [0.4, 0.5) is 0 Å². The second-order valence-corrected chi connectivity index (χ2v) is 5.74. The van der Waals surface area contributed by atoms with Crippen molar-refractivity contribution >= 4 is 0 Å². The molecule has 0 amide bonds. The second-order valence-electron chi connectivity index (χ2n) is 5.74. The summed E-state index contributed by atoms with van der Waals surface area (Å²) in [5, 5.41) is 67.8. The number of aliphatic hydroxyl groups excluding tert-OH is 7. The van der Waals surface area contributed by atoms with E-state index in [1.165, 1.54) is 7.11 Å². The van der Waals surface area contributed by atoms with Crippen LogP contribution in [0.15, 0.2) is 0 Å². The van der Waals surface area contributed by atoms with Crippen molar-refractivity contribution in [3.05, 3.63) is 0 Å². The van der Waals surface area contributed by atoms with Gasteiger partial charge in [-0.05, 0) is 0 Å². The first-order valence-electron chi connectivity index (χ1n) is 7.46. The first kappa shape index (κ1) is 19.9. The van der Waals surface area contributed by atoms with Crippen molar-refractivity contribution in [2.24, 2.45) is 0 Å². The summed E-state index contributed by atoms with van der Waals surface area (Å²) in [6.45, 7) is -1.21. The molecule has 2 saturated heterocycles. The first-order chi connectivity index (χ1) is 11.3. The minimum absolute atomic E-state index is 0.565. The first-order valence-corrected chi connectivity index (χ1v) is 7.46. The van der Waals surface area contributed by atoms with Gasteiger partial charge in [-0.3, -0.25) is 0 Å². The molecule has 0 radical (unpaired) electrons. The van der Waals surface area contributed by atoms with Crippen molar-refractivity contribution in [1.82, 2.24) is 0 Å². The van der Waals surface area contributed by atoms with Crippen LogP contribution < -0.4 is 0 Å². The van der Waals surface area contributed by atoms with E-state index in [4.69, 9.17) is 29.2 Å². The lowest BCUT2D eigenvalue weighted by atomic mass is 9.97. The summed E-state index contributed by atoms with van der Waals surface area (Å²) in [6, 6.07) is 0. The van der Waals surface area contributed by atoms with Gasteiger partial charge < -0.3 is 54.7 Å². The van der Waals surface area contributed by atoms with Gasteiger partial charge in [0.15, 0.2) is 12.6 Å². The maximum Gasteiger partial charge on any atom is 0.187 e. The van der Waals surface area contributed by atoms with Crippen LogP contribution in [-0.2, 0) is 18.9 Å². The van der Waals surface area contributed by atoms with Gasteiger partial charge >= 0.3 is 0 Å². The molecule has 142 valence electrons. The predicted octanol–water partition coefficient (Wildman–Crippen LogP) is -4.74. The summed E-state index contributed by atoms with van der Waals surface area (Å²) in [5.74, 6) is 0. The lowest BCUT2D eigenvalue weighted by Gasteiger charge is -2.45. The molecule has 0 saturated carbocycles. The van der Waals surface area contributed by atoms with E-state index in [0.717, 1.165) is 0 Å². The molecule has 0 aliphatic carbocycles. The third kappa shape index (κ3) is 3.71. The SMILES string of the molecule is CO[C@@H]1OC(CO)C(O)C(O)[C@@H]1O[C@@H]1OC(CO)[C@@H](O)[C@@H](O)C1O. The van der Waals surface area contributed by atoms with E-state index in [1.807, 2.05) is 0 Å². The molecule has 11 nitrogen and oxygen atoms in total. The Hall–Kier alpha value is -0.440. The van der Waals surface area contributed by atoms with Crippen LogP contribution in [0.5, 0.6) is 0 Å². The molecular weight excluding hydrogens is 332 g/mol. The zero-order valence-corrected chi connectivity index (χ0v) is 13.0. The highest BCUT2D eigenvalue weighted by Crippen LogP contribution is 2.29. The fraction of sp³-hybridized carbons (Fsp3) is 1.00. The van der Waals surface area contributed by atoms with Gasteiger partial charge in [0.05, 0.1) is 13.2 Å². The fourth-order valence-corrected chi connectivity index (χ4v) is 2.73. The van der Waals surface area contributed by atoms with E-state index in [-0.39, 0.29) is 0 Å².